The minimum absolute atomic E-state index is 1.31. The Morgan fingerprint density at radius 1 is 1.18 bits per heavy atom. The molecule has 1 nitrogen and oxygen atoms in total. The highest BCUT2D eigenvalue weighted by Crippen LogP contribution is 2.13. The first kappa shape index (κ1) is 6.47. The number of fused-ring (bicyclic) bond motifs is 1. The number of hydrogen-bond donors (Lipinski definition) is 0. The van der Waals surface area contributed by atoms with Gasteiger partial charge in [0, 0.05) is 18.1 Å². The third-order valence-corrected chi connectivity index (χ3v) is 1.88. The molecule has 1 aliphatic carbocycles. The molecule has 1 aromatic heterocycles. The van der Waals surface area contributed by atoms with Crippen LogP contribution in [-0.4, -0.2) is 4.57 Å². The van der Waals surface area contributed by atoms with Crippen LogP contribution in [0.2, 0.25) is 0 Å². The van der Waals surface area contributed by atoms with E-state index in [4.69, 9.17) is 0 Å². The molecular formula is C10H11N. The topological polar surface area (TPSA) is 4.93 Å². The average Bonchev–Trinajstić information content (AvgIpc) is 2.06. The van der Waals surface area contributed by atoms with Crippen molar-refractivity contribution in [2.45, 2.75) is 12.8 Å². The number of aromatic nitrogens is 1. The third-order valence-electron chi connectivity index (χ3n) is 1.88. The molecule has 0 bridgehead atoms. The maximum atomic E-state index is 2.18. The van der Waals surface area contributed by atoms with Gasteiger partial charge >= 0.3 is 0 Å². The smallest absolute Gasteiger partial charge is 0.0464 e. The van der Waals surface area contributed by atoms with E-state index in [1.54, 1.807) is 0 Å². The second kappa shape index (κ2) is 2.79. The molecule has 0 unspecified atom stereocenters. The summed E-state index contributed by atoms with van der Waals surface area (Å²) in [6.45, 7) is 0. The molecule has 0 spiro atoms. The quantitative estimate of drug-likeness (QED) is 0.502. The average molecular weight is 145 g/mol. The van der Waals surface area contributed by atoms with Crippen molar-refractivity contribution in [3.05, 3.63) is 36.2 Å². The highest BCUT2D eigenvalue weighted by Gasteiger charge is 1.98. The monoisotopic (exact) mass is 145 g/mol. The summed E-state index contributed by atoms with van der Waals surface area (Å²) >= 11 is 0. The van der Waals surface area contributed by atoms with Gasteiger partial charge in [0.2, 0.25) is 0 Å². The fourth-order valence-electron chi connectivity index (χ4n) is 0.925. The lowest BCUT2D eigenvalue weighted by Gasteiger charge is -2.05. The Kier molecular flexibility index (Phi) is 1.64. The number of allylic oxidation sites excluding steroid dienone is 2. The normalized spacial score (nSPS) is 15.6. The van der Waals surface area contributed by atoms with Crippen LogP contribution in [-0.2, 0) is 0 Å². The predicted octanol–water partition coefficient (Wildman–Crippen LogP) is 2.77. The van der Waals surface area contributed by atoms with Gasteiger partial charge < -0.3 is 4.57 Å². The van der Waals surface area contributed by atoms with Crippen LogP contribution < -0.4 is 0 Å². The summed E-state index contributed by atoms with van der Waals surface area (Å²) in [6, 6.07) is 4.12. The van der Waals surface area contributed by atoms with E-state index in [1.165, 1.54) is 18.5 Å². The standard InChI is InChI=1S/C6H5N.C4H6/c1-2-6-3-5-7(6)4-1;1-2-4-3-1/h1-5H;1-2H,3-4H2. The molecule has 0 saturated carbocycles. The number of nitrogens with zero attached hydrogens (tertiary/aromatic N) is 1. The van der Waals surface area contributed by atoms with E-state index in [2.05, 4.69) is 28.9 Å². The Balaban J connectivity index is 0.000000103. The van der Waals surface area contributed by atoms with Gasteiger partial charge in [-0.2, -0.15) is 0 Å². The van der Waals surface area contributed by atoms with Crippen molar-refractivity contribution in [3.8, 4) is 0 Å². The van der Waals surface area contributed by atoms with Crippen LogP contribution in [0.5, 0.6) is 0 Å². The molecule has 0 radical (unpaired) electrons. The van der Waals surface area contributed by atoms with Crippen molar-refractivity contribution in [3.63, 3.8) is 0 Å². The van der Waals surface area contributed by atoms with Gasteiger partial charge in [-0.05, 0) is 31.1 Å². The van der Waals surface area contributed by atoms with E-state index in [9.17, 15) is 0 Å². The first-order valence-electron chi connectivity index (χ1n) is 3.97. The Morgan fingerprint density at radius 3 is 2.09 bits per heavy atom. The van der Waals surface area contributed by atoms with Crippen molar-refractivity contribution in [1.29, 1.82) is 0 Å². The minimum atomic E-state index is 1.31. The Bertz CT molecular complexity index is 265. The van der Waals surface area contributed by atoms with Gasteiger partial charge in [0.15, 0.2) is 0 Å². The van der Waals surface area contributed by atoms with Gasteiger partial charge in [0.05, 0.1) is 0 Å². The first-order valence-corrected chi connectivity index (χ1v) is 3.97. The maximum Gasteiger partial charge on any atom is 0.0464 e. The van der Waals surface area contributed by atoms with Crippen molar-refractivity contribution < 1.29 is 0 Å². The number of rotatable bonds is 0. The van der Waals surface area contributed by atoms with Crippen molar-refractivity contribution in [1.82, 2.24) is 4.57 Å². The zero-order valence-electron chi connectivity index (χ0n) is 6.40. The van der Waals surface area contributed by atoms with Crippen LogP contribution in [0.15, 0.2) is 30.5 Å². The fourth-order valence-corrected chi connectivity index (χ4v) is 0.925. The molecule has 1 aliphatic heterocycles. The predicted molar refractivity (Wildman–Crippen MR) is 48.0 cm³/mol. The van der Waals surface area contributed by atoms with Gasteiger partial charge in [0.1, 0.15) is 0 Å². The summed E-state index contributed by atoms with van der Waals surface area (Å²) in [5.74, 6) is 0. The second-order valence-electron chi connectivity index (χ2n) is 2.70. The molecule has 0 aromatic carbocycles. The van der Waals surface area contributed by atoms with Gasteiger partial charge in [-0.1, -0.05) is 12.2 Å². The SMILES string of the molecule is C1=CCC1.C1=Cn2cccc21. The van der Waals surface area contributed by atoms with Crippen LogP contribution in [0, 0.1) is 0 Å². The number of hydrogen-bond acceptors (Lipinski definition) is 0. The lowest BCUT2D eigenvalue weighted by atomic mass is 10.1. The molecule has 56 valence electrons. The Morgan fingerprint density at radius 2 is 1.91 bits per heavy atom. The van der Waals surface area contributed by atoms with Gasteiger partial charge in [-0.15, -0.1) is 0 Å². The summed E-state index contributed by atoms with van der Waals surface area (Å²) < 4.78 is 2.08. The molecule has 0 fully saturated rings. The van der Waals surface area contributed by atoms with E-state index in [-0.39, 0.29) is 0 Å². The van der Waals surface area contributed by atoms with Gasteiger partial charge in [-0.3, -0.25) is 0 Å². The van der Waals surface area contributed by atoms with Crippen molar-refractivity contribution >= 4 is 12.3 Å². The zero-order chi connectivity index (χ0) is 7.52. The second-order valence-corrected chi connectivity index (χ2v) is 2.70. The molecule has 0 atom stereocenters. The molecule has 0 saturated heterocycles. The van der Waals surface area contributed by atoms with E-state index in [0.29, 0.717) is 0 Å². The highest BCUT2D eigenvalue weighted by molar-refractivity contribution is 5.69. The van der Waals surface area contributed by atoms with E-state index < -0.39 is 0 Å². The van der Waals surface area contributed by atoms with Crippen LogP contribution >= 0.6 is 0 Å². The molecule has 11 heavy (non-hydrogen) atoms. The molecule has 0 amide bonds. The van der Waals surface area contributed by atoms with Crippen LogP contribution in [0.25, 0.3) is 12.3 Å². The molecule has 1 heteroatoms. The summed E-state index contributed by atoms with van der Waals surface area (Å²) in [7, 11) is 0. The summed E-state index contributed by atoms with van der Waals surface area (Å²) in [6.07, 6.45) is 13.2. The van der Waals surface area contributed by atoms with E-state index >= 15 is 0 Å². The lowest BCUT2D eigenvalue weighted by Crippen LogP contribution is -1.93. The molecule has 0 N–H and O–H groups in total. The molecule has 2 heterocycles. The first-order chi connectivity index (χ1) is 5.47. The fraction of sp³-hybridized carbons (Fsp3) is 0.200. The van der Waals surface area contributed by atoms with E-state index in [0.717, 1.165) is 0 Å². The zero-order valence-corrected chi connectivity index (χ0v) is 6.40. The van der Waals surface area contributed by atoms with Crippen LogP contribution in [0.4, 0.5) is 0 Å². The third kappa shape index (κ3) is 1.27. The largest absolute Gasteiger partial charge is 0.324 e. The minimum Gasteiger partial charge on any atom is -0.324 e. The summed E-state index contributed by atoms with van der Waals surface area (Å²) in [5, 5.41) is 0. The van der Waals surface area contributed by atoms with Crippen molar-refractivity contribution in [2.75, 3.05) is 0 Å². The highest BCUT2D eigenvalue weighted by atomic mass is 15.0. The van der Waals surface area contributed by atoms with Crippen LogP contribution in [0.1, 0.15) is 18.5 Å². The van der Waals surface area contributed by atoms with Crippen molar-refractivity contribution in [2.24, 2.45) is 0 Å². The van der Waals surface area contributed by atoms with Crippen LogP contribution in [0.3, 0.4) is 0 Å². The summed E-state index contributed by atoms with van der Waals surface area (Å²) in [4.78, 5) is 0. The van der Waals surface area contributed by atoms with E-state index in [1.807, 2.05) is 18.5 Å². The lowest BCUT2D eigenvalue weighted by molar-refractivity contribution is 0.962. The Labute approximate surface area is 66.7 Å². The summed E-state index contributed by atoms with van der Waals surface area (Å²) in [5.41, 5.74) is 1.31. The molecule has 3 rings (SSSR count). The Hall–Kier alpha value is -1.24. The molecule has 1 aromatic rings. The maximum absolute atomic E-state index is 2.18. The molecule has 2 aliphatic rings. The molecular weight excluding hydrogens is 134 g/mol. The van der Waals surface area contributed by atoms with Gasteiger partial charge in [-0.25, -0.2) is 0 Å². The van der Waals surface area contributed by atoms with Gasteiger partial charge in [0.25, 0.3) is 0 Å².